The van der Waals surface area contributed by atoms with Crippen molar-refractivity contribution < 1.29 is 9.53 Å². The van der Waals surface area contributed by atoms with E-state index < -0.39 is 0 Å². The summed E-state index contributed by atoms with van der Waals surface area (Å²) in [5.74, 6) is -0.513. The van der Waals surface area contributed by atoms with Crippen LogP contribution in [-0.4, -0.2) is 12.6 Å². The topological polar surface area (TPSA) is 26.3 Å². The molecule has 1 aliphatic carbocycles. The third kappa shape index (κ3) is 3.07. The maximum atomic E-state index is 12.0. The van der Waals surface area contributed by atoms with Crippen LogP contribution in [0.1, 0.15) is 24.5 Å². The molecule has 0 spiro atoms. The molecule has 0 saturated carbocycles. The Hall–Kier alpha value is -1.54. The van der Waals surface area contributed by atoms with Crippen LogP contribution < -0.4 is 0 Å². The smallest absolute Gasteiger partial charge is 0.313 e. The van der Waals surface area contributed by atoms with Crippen LogP contribution in [0.15, 0.2) is 41.4 Å². The summed E-state index contributed by atoms with van der Waals surface area (Å²) < 4.78 is 5.14. The van der Waals surface area contributed by atoms with Gasteiger partial charge in [-0.2, -0.15) is 0 Å². The zero-order valence-electron chi connectivity index (χ0n) is 11.2. The van der Waals surface area contributed by atoms with Crippen LogP contribution >= 0.6 is 11.6 Å². The van der Waals surface area contributed by atoms with Crippen LogP contribution in [0.3, 0.4) is 0 Å². The standard InChI is InChI=1S/C16H17ClO2/c1-3-19-16(18)13-5-4-6-14(17)15(13)12-9-7-11(2)8-10-12/h4,6-10,13H,3,5H2,1-2H3. The first-order chi connectivity index (χ1) is 9.13. The molecule has 100 valence electrons. The van der Waals surface area contributed by atoms with E-state index in [0.717, 1.165) is 11.1 Å². The Morgan fingerprint density at radius 2 is 2.05 bits per heavy atom. The Labute approximate surface area is 118 Å². The Balaban J connectivity index is 2.39. The zero-order chi connectivity index (χ0) is 13.8. The molecule has 0 heterocycles. The number of aryl methyl sites for hydroxylation is 1. The zero-order valence-corrected chi connectivity index (χ0v) is 11.9. The molecule has 0 saturated heterocycles. The quantitative estimate of drug-likeness (QED) is 0.778. The van der Waals surface area contributed by atoms with E-state index in [0.29, 0.717) is 18.1 Å². The van der Waals surface area contributed by atoms with E-state index in [4.69, 9.17) is 16.3 Å². The number of halogens is 1. The summed E-state index contributed by atoms with van der Waals surface area (Å²) in [6.45, 7) is 4.23. The van der Waals surface area contributed by atoms with Gasteiger partial charge in [-0.3, -0.25) is 4.79 Å². The number of ether oxygens (including phenoxy) is 1. The average Bonchev–Trinajstić information content (AvgIpc) is 2.40. The van der Waals surface area contributed by atoms with Crippen molar-refractivity contribution in [3.05, 3.63) is 52.6 Å². The molecule has 0 bridgehead atoms. The van der Waals surface area contributed by atoms with Gasteiger partial charge in [-0.25, -0.2) is 0 Å². The van der Waals surface area contributed by atoms with Crippen LogP contribution in [0.2, 0.25) is 0 Å². The first-order valence-electron chi connectivity index (χ1n) is 6.43. The van der Waals surface area contributed by atoms with Gasteiger partial charge < -0.3 is 4.74 Å². The van der Waals surface area contributed by atoms with Gasteiger partial charge in [0.15, 0.2) is 0 Å². The first kappa shape index (κ1) is 13.9. The fraction of sp³-hybridized carbons (Fsp3) is 0.312. The fourth-order valence-corrected chi connectivity index (χ4v) is 2.54. The van der Waals surface area contributed by atoms with Crippen molar-refractivity contribution in [1.29, 1.82) is 0 Å². The highest BCUT2D eigenvalue weighted by Gasteiger charge is 2.28. The van der Waals surface area contributed by atoms with Gasteiger partial charge in [0.2, 0.25) is 0 Å². The molecule has 1 aromatic carbocycles. The lowest BCUT2D eigenvalue weighted by atomic mass is 9.86. The Morgan fingerprint density at radius 1 is 1.37 bits per heavy atom. The van der Waals surface area contributed by atoms with E-state index in [-0.39, 0.29) is 11.9 Å². The first-order valence-corrected chi connectivity index (χ1v) is 6.81. The minimum atomic E-state index is -0.305. The van der Waals surface area contributed by atoms with Crippen molar-refractivity contribution in [2.24, 2.45) is 5.92 Å². The molecule has 1 aromatic rings. The van der Waals surface area contributed by atoms with E-state index in [2.05, 4.69) is 0 Å². The largest absolute Gasteiger partial charge is 0.466 e. The summed E-state index contributed by atoms with van der Waals surface area (Å²) >= 11 is 6.28. The molecular formula is C16H17ClO2. The second-order valence-corrected chi connectivity index (χ2v) is 4.98. The number of hydrogen-bond donors (Lipinski definition) is 0. The maximum absolute atomic E-state index is 12.0. The van der Waals surface area contributed by atoms with Gasteiger partial charge in [0.1, 0.15) is 0 Å². The van der Waals surface area contributed by atoms with Crippen molar-refractivity contribution in [2.45, 2.75) is 20.3 Å². The second-order valence-electron chi connectivity index (χ2n) is 4.57. The Kier molecular flexibility index (Phi) is 4.43. The van der Waals surface area contributed by atoms with E-state index in [1.165, 1.54) is 5.56 Å². The van der Waals surface area contributed by atoms with Crippen LogP contribution in [0.5, 0.6) is 0 Å². The Morgan fingerprint density at radius 3 is 2.68 bits per heavy atom. The van der Waals surface area contributed by atoms with Crippen molar-refractivity contribution in [3.63, 3.8) is 0 Å². The molecule has 1 unspecified atom stereocenters. The monoisotopic (exact) mass is 276 g/mol. The predicted molar refractivity (Wildman–Crippen MR) is 77.8 cm³/mol. The van der Waals surface area contributed by atoms with Crippen LogP contribution in [0.4, 0.5) is 0 Å². The molecule has 0 radical (unpaired) electrons. The van der Waals surface area contributed by atoms with E-state index in [1.54, 1.807) is 0 Å². The summed E-state index contributed by atoms with van der Waals surface area (Å²) in [6.07, 6.45) is 4.41. The van der Waals surface area contributed by atoms with Crippen molar-refractivity contribution in [1.82, 2.24) is 0 Å². The highest BCUT2D eigenvalue weighted by molar-refractivity contribution is 6.35. The molecule has 0 fully saturated rings. The summed E-state index contributed by atoms with van der Waals surface area (Å²) in [5, 5.41) is 0.619. The van der Waals surface area contributed by atoms with Crippen LogP contribution in [-0.2, 0) is 9.53 Å². The van der Waals surface area contributed by atoms with E-state index in [9.17, 15) is 4.79 Å². The lowest BCUT2D eigenvalue weighted by Gasteiger charge is -2.22. The SMILES string of the molecule is CCOC(=O)C1CC=CC(Cl)=C1c1ccc(C)cc1. The second kappa shape index (κ2) is 6.07. The highest BCUT2D eigenvalue weighted by Crippen LogP contribution is 2.36. The fourth-order valence-electron chi connectivity index (χ4n) is 2.21. The van der Waals surface area contributed by atoms with E-state index in [1.807, 2.05) is 50.3 Å². The molecule has 1 aliphatic rings. The van der Waals surface area contributed by atoms with E-state index >= 15 is 0 Å². The van der Waals surface area contributed by atoms with Gasteiger partial charge in [0.25, 0.3) is 0 Å². The van der Waals surface area contributed by atoms with Crippen LogP contribution in [0, 0.1) is 12.8 Å². The van der Waals surface area contributed by atoms with Gasteiger partial charge in [-0.1, -0.05) is 47.5 Å². The number of carbonyl (C=O) groups is 1. The number of hydrogen-bond acceptors (Lipinski definition) is 2. The molecular weight excluding hydrogens is 260 g/mol. The van der Waals surface area contributed by atoms with Crippen molar-refractivity contribution >= 4 is 23.1 Å². The number of allylic oxidation sites excluding steroid dienone is 3. The van der Waals surface area contributed by atoms with Gasteiger partial charge in [-0.05, 0) is 37.5 Å². The predicted octanol–water partition coefficient (Wildman–Crippen LogP) is 4.08. The third-order valence-corrected chi connectivity index (χ3v) is 3.51. The molecule has 0 amide bonds. The molecule has 2 nitrogen and oxygen atoms in total. The molecule has 1 atom stereocenters. The highest BCUT2D eigenvalue weighted by atomic mass is 35.5. The molecule has 3 heteroatoms. The lowest BCUT2D eigenvalue weighted by molar-refractivity contribution is -0.145. The molecule has 0 N–H and O–H groups in total. The summed E-state index contributed by atoms with van der Waals surface area (Å²) in [4.78, 5) is 12.0. The maximum Gasteiger partial charge on any atom is 0.313 e. The van der Waals surface area contributed by atoms with Crippen molar-refractivity contribution in [2.75, 3.05) is 6.61 Å². The molecule has 0 aromatic heterocycles. The van der Waals surface area contributed by atoms with Crippen LogP contribution in [0.25, 0.3) is 5.57 Å². The number of benzene rings is 1. The van der Waals surface area contributed by atoms with Gasteiger partial charge >= 0.3 is 5.97 Å². The van der Waals surface area contributed by atoms with Gasteiger partial charge in [0.05, 0.1) is 12.5 Å². The summed E-state index contributed by atoms with van der Waals surface area (Å²) in [6, 6.07) is 8.04. The minimum Gasteiger partial charge on any atom is -0.466 e. The number of rotatable bonds is 3. The van der Waals surface area contributed by atoms with Gasteiger partial charge in [0, 0.05) is 5.03 Å². The molecule has 0 aliphatic heterocycles. The summed E-state index contributed by atoms with van der Waals surface area (Å²) in [7, 11) is 0. The minimum absolute atomic E-state index is 0.208. The van der Waals surface area contributed by atoms with Gasteiger partial charge in [-0.15, -0.1) is 0 Å². The third-order valence-electron chi connectivity index (χ3n) is 3.18. The summed E-state index contributed by atoms with van der Waals surface area (Å²) in [5.41, 5.74) is 3.03. The molecule has 19 heavy (non-hydrogen) atoms. The average molecular weight is 277 g/mol. The Bertz CT molecular complexity index is 526. The molecule has 2 rings (SSSR count). The normalized spacial score (nSPS) is 18.6. The van der Waals surface area contributed by atoms with Crippen molar-refractivity contribution in [3.8, 4) is 0 Å². The number of esters is 1. The number of carbonyl (C=O) groups excluding carboxylic acids is 1. The lowest BCUT2D eigenvalue weighted by Crippen LogP contribution is -2.21.